The van der Waals surface area contributed by atoms with Crippen LogP contribution in [0.5, 0.6) is 0 Å². The molecular weight excluding hydrogens is 338 g/mol. The molecule has 25 heavy (non-hydrogen) atoms. The molecule has 0 atom stereocenters. The Morgan fingerprint density at radius 3 is 2.52 bits per heavy atom. The molecule has 0 spiro atoms. The molecule has 2 rings (SSSR count). The number of nitrogen functional groups attached to an aromatic ring is 1. The molecule has 7 heteroatoms. The van der Waals surface area contributed by atoms with Crippen LogP contribution in [0.4, 0.5) is 5.82 Å². The van der Waals surface area contributed by atoms with Gasteiger partial charge in [-0.3, -0.25) is 19.1 Å². The average molecular weight is 361 g/mol. The minimum atomic E-state index is -0.744. The minimum absolute atomic E-state index is 0.00625. The number of nitrogens with two attached hydrogens (primary N) is 1. The summed E-state index contributed by atoms with van der Waals surface area (Å²) >= 11 is 1.36. The smallest absolute Gasteiger partial charge is 0.329 e. The summed E-state index contributed by atoms with van der Waals surface area (Å²) in [5.41, 5.74) is 6.47. The Balaban J connectivity index is 2.29. The van der Waals surface area contributed by atoms with Gasteiger partial charge >= 0.3 is 5.69 Å². The van der Waals surface area contributed by atoms with Crippen molar-refractivity contribution in [3.05, 3.63) is 55.7 Å². The van der Waals surface area contributed by atoms with Gasteiger partial charge in [0.25, 0.3) is 5.56 Å². The van der Waals surface area contributed by atoms with Crippen molar-refractivity contribution in [3.63, 3.8) is 0 Å². The number of benzene rings is 1. The molecule has 1 aromatic heterocycles. The number of nitrogens with one attached hydrogen (secondary N) is 1. The van der Waals surface area contributed by atoms with Crippen molar-refractivity contribution < 1.29 is 4.79 Å². The molecule has 0 bridgehead atoms. The zero-order valence-electron chi connectivity index (χ0n) is 15.1. The van der Waals surface area contributed by atoms with Crippen molar-refractivity contribution in [1.29, 1.82) is 0 Å². The number of nitrogens with zero attached hydrogens (tertiary/aromatic N) is 1. The molecule has 0 aliphatic carbocycles. The highest BCUT2D eigenvalue weighted by molar-refractivity contribution is 8.00. The van der Waals surface area contributed by atoms with Gasteiger partial charge in [0, 0.05) is 11.9 Å². The highest BCUT2D eigenvalue weighted by atomic mass is 32.2. The second kappa shape index (κ2) is 6.92. The fourth-order valence-corrected chi connectivity index (χ4v) is 3.28. The number of hydrogen-bond donors (Lipinski definition) is 2. The first-order chi connectivity index (χ1) is 11.5. The Hall–Kier alpha value is -2.28. The van der Waals surface area contributed by atoms with Crippen molar-refractivity contribution in [2.45, 2.75) is 38.0 Å². The molecule has 0 saturated heterocycles. The van der Waals surface area contributed by atoms with E-state index in [4.69, 9.17) is 5.73 Å². The summed E-state index contributed by atoms with van der Waals surface area (Å²) in [5.74, 6) is -0.445. The highest BCUT2D eigenvalue weighted by Gasteiger charge is 2.19. The predicted octanol–water partition coefficient (Wildman–Crippen LogP) is 2.24. The molecule has 0 aliphatic heterocycles. The number of Topliss-reactive ketones (excluding diaryl/α,β-unsaturated/α-hetero) is 1. The maximum absolute atomic E-state index is 12.5. The maximum Gasteiger partial charge on any atom is 0.329 e. The number of thioether (sulfide) groups is 1. The lowest BCUT2D eigenvalue weighted by atomic mass is 9.87. The number of rotatable bonds is 4. The molecule has 0 unspecified atom stereocenters. The zero-order valence-corrected chi connectivity index (χ0v) is 15.9. The number of hydrogen-bond acceptors (Lipinski definition) is 5. The van der Waals surface area contributed by atoms with E-state index in [2.05, 4.69) is 37.9 Å². The van der Waals surface area contributed by atoms with Crippen molar-refractivity contribution in [3.8, 4) is 0 Å². The second-order valence-corrected chi connectivity index (χ2v) is 8.04. The molecule has 1 heterocycles. The highest BCUT2D eigenvalue weighted by Crippen LogP contribution is 2.30. The van der Waals surface area contributed by atoms with Crippen LogP contribution in [0, 0.1) is 6.92 Å². The normalized spacial score (nSPS) is 11.6. The first kappa shape index (κ1) is 19.1. The van der Waals surface area contributed by atoms with Crippen molar-refractivity contribution >= 4 is 23.4 Å². The lowest BCUT2D eigenvalue weighted by molar-refractivity contribution is 0.102. The Bertz CT molecular complexity index is 936. The Morgan fingerprint density at radius 1 is 1.28 bits per heavy atom. The number of aromatic amines is 1. The van der Waals surface area contributed by atoms with Gasteiger partial charge in [-0.2, -0.15) is 0 Å². The van der Waals surface area contributed by atoms with E-state index in [1.165, 1.54) is 24.4 Å². The van der Waals surface area contributed by atoms with Gasteiger partial charge in [-0.1, -0.05) is 32.9 Å². The molecule has 0 radical (unpaired) electrons. The quantitative estimate of drug-likeness (QED) is 0.643. The van der Waals surface area contributed by atoms with Crippen molar-refractivity contribution in [1.82, 2.24) is 9.55 Å². The van der Waals surface area contributed by atoms with Crippen LogP contribution in [-0.4, -0.2) is 21.1 Å². The number of carbonyl (C=O) groups is 1. The Kier molecular flexibility index (Phi) is 5.27. The van der Waals surface area contributed by atoms with Crippen LogP contribution in [0.3, 0.4) is 0 Å². The van der Waals surface area contributed by atoms with Crippen LogP contribution in [0.2, 0.25) is 0 Å². The SMILES string of the molecule is Cc1ccc(C(C)(C)C)cc1SCC(=O)c1c(N)n(C)c(=O)[nH]c1=O. The van der Waals surface area contributed by atoms with Gasteiger partial charge in [-0.05, 0) is 29.5 Å². The number of carbonyl (C=O) groups excluding carboxylic acids is 1. The Labute approximate surface area is 150 Å². The largest absolute Gasteiger partial charge is 0.384 e. The minimum Gasteiger partial charge on any atom is -0.384 e. The van der Waals surface area contributed by atoms with Gasteiger partial charge in [0.15, 0.2) is 5.78 Å². The zero-order chi connectivity index (χ0) is 18.9. The summed E-state index contributed by atoms with van der Waals surface area (Å²) in [6, 6.07) is 6.18. The number of anilines is 1. The lowest BCUT2D eigenvalue weighted by Crippen LogP contribution is -2.35. The molecule has 2 aromatic rings. The fraction of sp³-hybridized carbons (Fsp3) is 0.389. The van der Waals surface area contributed by atoms with E-state index in [1.807, 2.05) is 13.0 Å². The molecule has 134 valence electrons. The molecule has 1 aromatic carbocycles. The summed E-state index contributed by atoms with van der Waals surface area (Å²) in [6.45, 7) is 8.36. The summed E-state index contributed by atoms with van der Waals surface area (Å²) in [4.78, 5) is 39.0. The summed E-state index contributed by atoms with van der Waals surface area (Å²) in [7, 11) is 1.41. The molecular formula is C18H23N3O3S. The van der Waals surface area contributed by atoms with Gasteiger partial charge in [-0.15, -0.1) is 11.8 Å². The van der Waals surface area contributed by atoms with E-state index < -0.39 is 17.0 Å². The van der Waals surface area contributed by atoms with E-state index in [1.54, 1.807) is 0 Å². The summed E-state index contributed by atoms with van der Waals surface area (Å²) in [5, 5.41) is 0. The molecule has 3 N–H and O–H groups in total. The fourth-order valence-electron chi connectivity index (χ4n) is 2.34. The molecule has 0 aliphatic rings. The van der Waals surface area contributed by atoms with E-state index in [0.717, 1.165) is 15.0 Å². The predicted molar refractivity (Wildman–Crippen MR) is 102 cm³/mol. The number of H-pyrrole nitrogens is 1. The first-order valence-electron chi connectivity index (χ1n) is 7.88. The van der Waals surface area contributed by atoms with Crippen molar-refractivity contribution in [2.24, 2.45) is 7.05 Å². The monoisotopic (exact) mass is 361 g/mol. The van der Waals surface area contributed by atoms with Gasteiger partial charge in [-0.25, -0.2) is 4.79 Å². The van der Waals surface area contributed by atoms with Gasteiger partial charge in [0.2, 0.25) is 0 Å². The molecule has 0 amide bonds. The number of aromatic nitrogens is 2. The van der Waals surface area contributed by atoms with E-state index in [9.17, 15) is 14.4 Å². The third kappa shape index (κ3) is 4.04. The van der Waals surface area contributed by atoms with Gasteiger partial charge in [0.1, 0.15) is 11.4 Å². The average Bonchev–Trinajstić information content (AvgIpc) is 2.50. The third-order valence-corrected chi connectivity index (χ3v) is 5.22. The Morgan fingerprint density at radius 2 is 1.92 bits per heavy atom. The summed E-state index contributed by atoms with van der Waals surface area (Å²) < 4.78 is 1.06. The molecule has 0 saturated carbocycles. The van der Waals surface area contributed by atoms with Crippen LogP contribution < -0.4 is 17.0 Å². The molecule has 0 fully saturated rings. The van der Waals surface area contributed by atoms with Gasteiger partial charge < -0.3 is 5.73 Å². The van der Waals surface area contributed by atoms with E-state index in [0.29, 0.717) is 0 Å². The third-order valence-electron chi connectivity index (χ3n) is 4.06. The van der Waals surface area contributed by atoms with Crippen LogP contribution >= 0.6 is 11.8 Å². The van der Waals surface area contributed by atoms with Gasteiger partial charge in [0.05, 0.1) is 5.75 Å². The van der Waals surface area contributed by atoms with E-state index >= 15 is 0 Å². The van der Waals surface area contributed by atoms with Crippen LogP contribution in [0.15, 0.2) is 32.7 Å². The summed E-state index contributed by atoms with van der Waals surface area (Å²) in [6.07, 6.45) is 0. The van der Waals surface area contributed by atoms with E-state index in [-0.39, 0.29) is 22.5 Å². The number of aryl methyl sites for hydroxylation is 1. The standard InChI is InChI=1S/C18H23N3O3S/c1-10-6-7-11(18(2,3)4)8-13(10)25-9-12(22)14-15(19)21(5)17(24)20-16(14)23/h6-8H,9,19H2,1-5H3,(H,20,23,24). The lowest BCUT2D eigenvalue weighted by Gasteiger charge is -2.20. The topological polar surface area (TPSA) is 97.9 Å². The van der Waals surface area contributed by atoms with Crippen molar-refractivity contribution in [2.75, 3.05) is 11.5 Å². The van der Waals surface area contributed by atoms with Crippen LogP contribution in [0.25, 0.3) is 0 Å². The molecule has 6 nitrogen and oxygen atoms in total. The van der Waals surface area contributed by atoms with Crippen LogP contribution in [0.1, 0.15) is 42.3 Å². The first-order valence-corrected chi connectivity index (χ1v) is 8.87. The van der Waals surface area contributed by atoms with Crippen LogP contribution in [-0.2, 0) is 12.5 Å². The second-order valence-electron chi connectivity index (χ2n) is 7.02. The maximum atomic E-state index is 12.5. The number of ketones is 1.